The number of hydrogen-bond donors (Lipinski definition) is 0. The Morgan fingerprint density at radius 1 is 1.17 bits per heavy atom. The van der Waals surface area contributed by atoms with E-state index in [0.29, 0.717) is 18.0 Å². The quantitative estimate of drug-likeness (QED) is 0.408. The zero-order chi connectivity index (χ0) is 25.5. The fourth-order valence-electron chi connectivity index (χ4n) is 6.25. The first-order valence-corrected chi connectivity index (χ1v) is 12.3. The molecule has 1 aromatic carbocycles. The van der Waals surface area contributed by atoms with Crippen molar-refractivity contribution >= 4 is 34.0 Å². The Kier molecular flexibility index (Phi) is 4.68. The van der Waals surface area contributed by atoms with Gasteiger partial charge in [0.2, 0.25) is 5.91 Å². The molecule has 1 saturated carbocycles. The zero-order valence-corrected chi connectivity index (χ0v) is 21.1. The van der Waals surface area contributed by atoms with Gasteiger partial charge in [-0.2, -0.15) is 4.98 Å². The first-order chi connectivity index (χ1) is 17.1. The van der Waals surface area contributed by atoms with E-state index in [2.05, 4.69) is 23.2 Å². The second-order valence-corrected chi connectivity index (χ2v) is 10.7. The van der Waals surface area contributed by atoms with Crippen LogP contribution in [0.1, 0.15) is 48.8 Å². The molecule has 0 bridgehead atoms. The number of benzene rings is 1. The molecule has 3 aromatic heterocycles. The molecule has 8 nitrogen and oxygen atoms in total. The summed E-state index contributed by atoms with van der Waals surface area (Å²) in [4.78, 5) is 44.6. The van der Waals surface area contributed by atoms with Crippen molar-refractivity contribution in [3.05, 3.63) is 53.6 Å². The number of hydrogen-bond acceptors (Lipinski definition) is 4. The first kappa shape index (κ1) is 22.5. The molecule has 3 atom stereocenters. The molecule has 4 heterocycles. The Bertz CT molecular complexity index is 1610. The molecule has 1 aliphatic carbocycles. The highest BCUT2D eigenvalue weighted by atomic mass is 16.2. The maximum absolute atomic E-state index is 13.4. The lowest BCUT2D eigenvalue weighted by molar-refractivity contribution is -0.264. The maximum atomic E-state index is 13.4. The number of carbonyl (C=O) groups is 3. The molecule has 0 N–H and O–H groups in total. The number of Topliss-reactive ketones (excluding diaryl/α,β-unsaturated/α-hetero) is 2. The van der Waals surface area contributed by atoms with Gasteiger partial charge in [-0.1, -0.05) is 16.5 Å². The number of carbonyl (C=O) groups excluding carboxylic acids is 3. The minimum absolute atomic E-state index is 0.0441. The highest BCUT2D eigenvalue weighted by Gasteiger charge is 2.65. The predicted octanol–water partition coefficient (Wildman–Crippen LogP) is 3.00. The van der Waals surface area contributed by atoms with E-state index in [9.17, 15) is 14.4 Å². The standard InChI is InChI=1S/C28H28N5O3/c1-15-6-19(20-10-29-24-7-16(2)30-33(24)11-20)8-22-23(17(3)34)13-31(26(15)22)14-25(36)32-12-21-9-28(21,5)27(32)18(4)35/h6-8,11,13,21,27H,9,12,14H2,1-5H3/q+1/t21-,27-,28-/m1/s1. The monoisotopic (exact) mass is 482 g/mol. The van der Waals surface area contributed by atoms with E-state index in [1.54, 1.807) is 22.5 Å². The highest BCUT2D eigenvalue weighted by Crippen LogP contribution is 2.61. The Labute approximate surface area is 208 Å². The number of rotatable bonds is 5. The van der Waals surface area contributed by atoms with Gasteiger partial charge in [0.1, 0.15) is 18.3 Å². The van der Waals surface area contributed by atoms with Crippen molar-refractivity contribution < 1.29 is 19.4 Å². The minimum atomic E-state index is -0.360. The molecule has 1 aliphatic heterocycles. The molecule has 2 fully saturated rings. The van der Waals surface area contributed by atoms with Gasteiger partial charge in [0.05, 0.1) is 23.3 Å². The number of nitrogens with zero attached hydrogens (tertiary/aromatic N) is 5. The second kappa shape index (κ2) is 7.50. The third-order valence-corrected chi connectivity index (χ3v) is 8.06. The number of ketones is 2. The van der Waals surface area contributed by atoms with Gasteiger partial charge in [-0.3, -0.25) is 14.4 Å². The van der Waals surface area contributed by atoms with E-state index in [4.69, 9.17) is 0 Å². The Morgan fingerprint density at radius 2 is 1.94 bits per heavy atom. The van der Waals surface area contributed by atoms with Crippen LogP contribution in [0.4, 0.5) is 0 Å². The van der Waals surface area contributed by atoms with E-state index in [1.165, 1.54) is 6.92 Å². The van der Waals surface area contributed by atoms with Crippen LogP contribution in [-0.4, -0.2) is 49.1 Å². The molecule has 0 spiro atoms. The third-order valence-electron chi connectivity index (χ3n) is 8.06. The molecule has 8 heteroatoms. The molecule has 0 unspecified atom stereocenters. The molecule has 1 saturated heterocycles. The van der Waals surface area contributed by atoms with Crippen LogP contribution in [0.3, 0.4) is 0 Å². The Morgan fingerprint density at radius 3 is 2.67 bits per heavy atom. The normalized spacial score (nSPS) is 22.6. The van der Waals surface area contributed by atoms with Crippen molar-refractivity contribution in [2.45, 2.75) is 53.6 Å². The topological polar surface area (TPSA) is 90.8 Å². The molecule has 0 radical (unpaired) electrons. The summed E-state index contributed by atoms with van der Waals surface area (Å²) in [6, 6.07) is 5.51. The van der Waals surface area contributed by atoms with Gasteiger partial charge in [-0.05, 0) is 68.7 Å². The molecule has 2 aliphatic rings. The number of likely N-dealkylation sites (tertiary alicyclic amines) is 1. The first-order valence-electron chi connectivity index (χ1n) is 12.3. The smallest absolute Gasteiger partial charge is 0.337 e. The van der Waals surface area contributed by atoms with E-state index >= 15 is 0 Å². The van der Waals surface area contributed by atoms with Crippen LogP contribution in [-0.2, 0) is 16.1 Å². The van der Waals surface area contributed by atoms with E-state index < -0.39 is 0 Å². The van der Waals surface area contributed by atoms with Gasteiger partial charge >= 0.3 is 5.65 Å². The van der Waals surface area contributed by atoms with Crippen molar-refractivity contribution in [2.75, 3.05) is 6.54 Å². The molecule has 182 valence electrons. The van der Waals surface area contributed by atoms with Gasteiger partial charge < -0.3 is 9.47 Å². The zero-order valence-electron chi connectivity index (χ0n) is 21.1. The van der Waals surface area contributed by atoms with Crippen molar-refractivity contribution in [1.29, 1.82) is 0 Å². The van der Waals surface area contributed by atoms with E-state index in [0.717, 1.165) is 45.4 Å². The summed E-state index contributed by atoms with van der Waals surface area (Å²) in [6.07, 6.45) is 7.74. The van der Waals surface area contributed by atoms with Crippen LogP contribution in [0.25, 0.3) is 27.7 Å². The average Bonchev–Trinajstić information content (AvgIpc) is 3.11. The summed E-state index contributed by atoms with van der Waals surface area (Å²) in [5.41, 5.74) is 5.49. The van der Waals surface area contributed by atoms with Gasteiger partial charge in [0.15, 0.2) is 17.8 Å². The molecule has 1 amide bonds. The molecule has 4 aromatic rings. The molecular weight excluding hydrogens is 454 g/mol. The molecule has 36 heavy (non-hydrogen) atoms. The van der Waals surface area contributed by atoms with Crippen LogP contribution < -0.4 is 4.98 Å². The SMILES string of the molecule is CC(=O)c1cn(CC(=O)N2C[C@H]3C[C@@]3(C)[C@H]2C(C)=O)c2c(C)cc(-c3c#[n+]c4cc(C)nn4c3)cc12. The summed E-state index contributed by atoms with van der Waals surface area (Å²) >= 11 is 0. The van der Waals surface area contributed by atoms with Crippen LogP contribution >= 0.6 is 0 Å². The summed E-state index contributed by atoms with van der Waals surface area (Å²) in [5.74, 6) is 0.285. The van der Waals surface area contributed by atoms with Gasteiger partial charge in [0, 0.05) is 23.7 Å². The minimum Gasteiger partial charge on any atom is -0.337 e. The number of amides is 1. The molecular formula is C28H28N5O3+. The summed E-state index contributed by atoms with van der Waals surface area (Å²) in [5, 5.41) is 5.23. The van der Waals surface area contributed by atoms with Crippen molar-refractivity contribution in [3.8, 4) is 11.1 Å². The third kappa shape index (κ3) is 3.26. The van der Waals surface area contributed by atoms with Crippen LogP contribution in [0.5, 0.6) is 0 Å². The second-order valence-electron chi connectivity index (χ2n) is 10.7. The summed E-state index contributed by atoms with van der Waals surface area (Å²) in [6.45, 7) is 9.83. The highest BCUT2D eigenvalue weighted by molar-refractivity contribution is 6.09. The Hall–Kier alpha value is -3.99. The van der Waals surface area contributed by atoms with Crippen molar-refractivity contribution in [1.82, 2.24) is 19.1 Å². The van der Waals surface area contributed by atoms with Gasteiger partial charge in [-0.25, -0.2) is 0 Å². The number of aryl methyl sites for hydroxylation is 2. The lowest BCUT2D eigenvalue weighted by Gasteiger charge is -2.29. The number of aromatic nitrogens is 4. The van der Waals surface area contributed by atoms with Crippen molar-refractivity contribution in [2.24, 2.45) is 11.3 Å². The van der Waals surface area contributed by atoms with Crippen LogP contribution in [0.15, 0.2) is 30.6 Å². The van der Waals surface area contributed by atoms with Crippen molar-refractivity contribution in [3.63, 3.8) is 0 Å². The van der Waals surface area contributed by atoms with E-state index in [-0.39, 0.29) is 35.5 Å². The number of fused-ring (bicyclic) bond motifs is 3. The average molecular weight is 483 g/mol. The van der Waals surface area contributed by atoms with Gasteiger partial charge in [0.25, 0.3) is 0 Å². The summed E-state index contributed by atoms with van der Waals surface area (Å²) < 4.78 is 3.59. The lowest BCUT2D eigenvalue weighted by atomic mass is 9.95. The fourth-order valence-corrected chi connectivity index (χ4v) is 6.25. The fraction of sp³-hybridized carbons (Fsp3) is 0.393. The largest absolute Gasteiger partial charge is 0.412 e. The van der Waals surface area contributed by atoms with Crippen LogP contribution in [0.2, 0.25) is 0 Å². The molecule has 6 rings (SSSR count). The summed E-state index contributed by atoms with van der Waals surface area (Å²) in [7, 11) is 0. The predicted molar refractivity (Wildman–Crippen MR) is 132 cm³/mol. The van der Waals surface area contributed by atoms with Crippen LogP contribution in [0, 0.1) is 31.4 Å². The van der Waals surface area contributed by atoms with Gasteiger partial charge in [-0.15, -0.1) is 0 Å². The lowest BCUT2D eigenvalue weighted by Crippen LogP contribution is -2.46. The number of piperidine rings is 1. The Balaban J connectivity index is 1.40. The maximum Gasteiger partial charge on any atom is 0.412 e. The van der Waals surface area contributed by atoms with E-state index in [1.807, 2.05) is 42.8 Å².